The third kappa shape index (κ3) is 2.45. The zero-order valence-electron chi connectivity index (χ0n) is 8.58. The van der Waals surface area contributed by atoms with Crippen LogP contribution in [0.2, 0.25) is 0 Å². The molecule has 9 heteroatoms. The van der Waals surface area contributed by atoms with E-state index in [1.807, 2.05) is 0 Å². The molecule has 17 heavy (non-hydrogen) atoms. The third-order valence-corrected chi connectivity index (χ3v) is 2.23. The number of H-pyrrole nitrogens is 1. The number of nitrogens with two attached hydrogens (primary N) is 1. The Bertz CT molecular complexity index is 700. The number of nitrogen functional groups attached to an aromatic ring is 1. The van der Waals surface area contributed by atoms with Crippen molar-refractivity contribution in [2.24, 2.45) is 0 Å². The van der Waals surface area contributed by atoms with Gasteiger partial charge in [-0.25, -0.2) is 0 Å². The van der Waals surface area contributed by atoms with Gasteiger partial charge >= 0.3 is 95.2 Å². The van der Waals surface area contributed by atoms with Crippen molar-refractivity contribution in [1.82, 2.24) is 19.5 Å². The SMILES string of the molecule is Nc1nc2c(ncn2CCOC#P=O)c(=O)[nH]1. The van der Waals surface area contributed by atoms with E-state index in [4.69, 9.17) is 10.5 Å². The zero-order chi connectivity index (χ0) is 12.3. The molecular weight excluding hydrogens is 245 g/mol. The molecular formula is C8H8N5O3P. The van der Waals surface area contributed by atoms with Crippen LogP contribution in [0.25, 0.3) is 11.2 Å². The standard InChI is InChI=1S/C8H8N5O3P/c9-8-11-6-5(7(14)12-8)10-3-13(6)1-2-16-4-17-15/h3H,1-2H2,(H3,9,11,12,14). The number of hydrogen-bond donors (Lipinski definition) is 2. The number of ether oxygens (including phenoxy) is 1. The van der Waals surface area contributed by atoms with Crippen LogP contribution in [-0.2, 0) is 15.8 Å². The predicted octanol–water partition coefficient (Wildman–Crippen LogP) is -0.0732. The van der Waals surface area contributed by atoms with Crippen LogP contribution in [0.4, 0.5) is 5.95 Å². The number of nitrogens with one attached hydrogen (secondary N) is 1. The zero-order valence-corrected chi connectivity index (χ0v) is 9.48. The van der Waals surface area contributed by atoms with Gasteiger partial charge in [0.15, 0.2) is 0 Å². The summed E-state index contributed by atoms with van der Waals surface area (Å²) in [6.07, 6.45) is 1.46. The van der Waals surface area contributed by atoms with Gasteiger partial charge in [-0.15, -0.1) is 0 Å². The van der Waals surface area contributed by atoms with E-state index >= 15 is 0 Å². The summed E-state index contributed by atoms with van der Waals surface area (Å²) in [4.78, 5) is 21.7. The molecule has 0 saturated heterocycles. The van der Waals surface area contributed by atoms with Gasteiger partial charge in [-0.3, -0.25) is 0 Å². The van der Waals surface area contributed by atoms with Gasteiger partial charge in [-0.1, -0.05) is 0 Å². The first kappa shape index (κ1) is 11.6. The molecule has 0 aliphatic carbocycles. The van der Waals surface area contributed by atoms with Crippen LogP contribution < -0.4 is 11.3 Å². The minimum atomic E-state index is -0.386. The molecule has 0 aliphatic heterocycles. The molecule has 0 amide bonds. The fourth-order valence-electron chi connectivity index (χ4n) is 1.35. The van der Waals surface area contributed by atoms with Gasteiger partial charge in [0.2, 0.25) is 0 Å². The van der Waals surface area contributed by atoms with Crippen molar-refractivity contribution in [2.45, 2.75) is 6.54 Å². The number of aromatic nitrogens is 4. The average molecular weight is 253 g/mol. The van der Waals surface area contributed by atoms with Gasteiger partial charge < -0.3 is 0 Å². The maximum atomic E-state index is 11.5. The van der Waals surface area contributed by atoms with Crippen LogP contribution in [-0.4, -0.2) is 26.1 Å². The molecule has 2 rings (SSSR count). The number of fused-ring (bicyclic) bond motifs is 1. The van der Waals surface area contributed by atoms with Crippen LogP contribution in [0.3, 0.4) is 0 Å². The number of nitrogens with zero attached hydrogens (tertiary/aromatic N) is 3. The fraction of sp³-hybridized carbons (Fsp3) is 0.250. The van der Waals surface area contributed by atoms with Crippen molar-refractivity contribution in [2.75, 3.05) is 12.3 Å². The van der Waals surface area contributed by atoms with Crippen LogP contribution in [0.5, 0.6) is 0 Å². The van der Waals surface area contributed by atoms with Gasteiger partial charge in [-0.05, 0) is 0 Å². The molecule has 0 bridgehead atoms. The van der Waals surface area contributed by atoms with Gasteiger partial charge in [-0.2, -0.15) is 0 Å². The van der Waals surface area contributed by atoms with Crippen molar-refractivity contribution in [3.05, 3.63) is 16.7 Å². The summed E-state index contributed by atoms with van der Waals surface area (Å²) in [5.41, 5.74) is 5.65. The maximum absolute atomic E-state index is 11.5. The Morgan fingerprint density at radius 1 is 1.65 bits per heavy atom. The summed E-state index contributed by atoms with van der Waals surface area (Å²) in [7, 11) is -0.309. The van der Waals surface area contributed by atoms with E-state index in [1.54, 1.807) is 4.57 Å². The van der Waals surface area contributed by atoms with E-state index in [1.165, 1.54) is 6.33 Å². The van der Waals surface area contributed by atoms with E-state index in [0.717, 1.165) is 0 Å². The second kappa shape index (κ2) is 4.97. The summed E-state index contributed by atoms with van der Waals surface area (Å²) >= 11 is 0. The van der Waals surface area contributed by atoms with E-state index < -0.39 is 0 Å². The Balaban J connectivity index is 2.31. The topological polar surface area (TPSA) is 116 Å². The van der Waals surface area contributed by atoms with Crippen molar-refractivity contribution in [1.29, 1.82) is 0 Å². The van der Waals surface area contributed by atoms with Gasteiger partial charge in [0, 0.05) is 0 Å². The molecule has 8 nitrogen and oxygen atoms in total. The Labute approximate surface area is 95.9 Å². The number of anilines is 1. The second-order valence-corrected chi connectivity index (χ2v) is 3.46. The Morgan fingerprint density at radius 3 is 3.24 bits per heavy atom. The molecule has 3 N–H and O–H groups in total. The fourth-order valence-corrected chi connectivity index (χ4v) is 1.49. The van der Waals surface area contributed by atoms with E-state index in [2.05, 4.69) is 20.8 Å². The summed E-state index contributed by atoms with van der Waals surface area (Å²) in [5.74, 6) is 2.18. The minimum absolute atomic E-state index is 0.0290. The second-order valence-electron chi connectivity index (χ2n) is 3.09. The van der Waals surface area contributed by atoms with Gasteiger partial charge in [0.05, 0.1) is 0 Å². The van der Waals surface area contributed by atoms with Crippen molar-refractivity contribution in [3.63, 3.8) is 0 Å². The summed E-state index contributed by atoms with van der Waals surface area (Å²) < 4.78 is 16.4. The molecule has 0 saturated carbocycles. The monoisotopic (exact) mass is 253 g/mol. The van der Waals surface area contributed by atoms with Crippen LogP contribution in [0, 0.1) is 5.81 Å². The molecule has 0 aromatic carbocycles. The molecule has 0 unspecified atom stereocenters. The first-order chi connectivity index (χ1) is 8.22. The Morgan fingerprint density at radius 2 is 2.47 bits per heavy atom. The quantitative estimate of drug-likeness (QED) is 0.584. The van der Waals surface area contributed by atoms with Crippen molar-refractivity contribution >= 4 is 25.0 Å². The molecule has 2 heterocycles. The molecule has 0 spiro atoms. The van der Waals surface area contributed by atoms with Gasteiger partial charge in [0.1, 0.15) is 0 Å². The molecule has 2 aromatic heterocycles. The van der Waals surface area contributed by atoms with Crippen LogP contribution in [0.15, 0.2) is 11.1 Å². The Hall–Kier alpha value is -1.88. The number of hydrogen-bond acceptors (Lipinski definition) is 6. The summed E-state index contributed by atoms with van der Waals surface area (Å²) in [5, 5.41) is 0. The third-order valence-electron chi connectivity index (χ3n) is 2.03. The summed E-state index contributed by atoms with van der Waals surface area (Å²) in [6, 6.07) is 0. The number of aromatic amines is 1. The first-order valence-electron chi connectivity index (χ1n) is 4.62. The van der Waals surface area contributed by atoms with Gasteiger partial charge in [0.25, 0.3) is 0 Å². The molecule has 0 radical (unpaired) electrons. The van der Waals surface area contributed by atoms with Crippen molar-refractivity contribution in [3.8, 4) is 5.81 Å². The molecule has 0 aliphatic rings. The summed E-state index contributed by atoms with van der Waals surface area (Å²) in [6.45, 7) is 0.643. The normalized spacial score (nSPS) is 10.4. The van der Waals surface area contributed by atoms with Crippen molar-refractivity contribution < 1.29 is 9.30 Å². The molecule has 2 aromatic rings. The first-order valence-corrected chi connectivity index (χ1v) is 5.43. The molecule has 0 fully saturated rings. The van der Waals surface area contributed by atoms with Crippen LogP contribution in [0.1, 0.15) is 0 Å². The predicted molar refractivity (Wildman–Crippen MR) is 60.0 cm³/mol. The average Bonchev–Trinajstić information content (AvgIpc) is 2.68. The van der Waals surface area contributed by atoms with Crippen LogP contribution >= 0.6 is 7.92 Å². The molecule has 88 valence electrons. The Kier molecular flexibility index (Phi) is 3.39. The number of rotatable bonds is 3. The molecule has 0 atom stereocenters. The van der Waals surface area contributed by atoms with E-state index in [9.17, 15) is 9.36 Å². The van der Waals surface area contributed by atoms with E-state index in [0.29, 0.717) is 12.2 Å². The number of imidazole rings is 1. The van der Waals surface area contributed by atoms with E-state index in [-0.39, 0.29) is 31.5 Å².